The number of amides is 1. The monoisotopic (exact) mass is 439 g/mol. The third kappa shape index (κ3) is 7.68. The first kappa shape index (κ1) is 25.4. The number of hydrogen-bond acceptors (Lipinski definition) is 5. The number of carbonyl (C=O) groups is 1. The summed E-state index contributed by atoms with van der Waals surface area (Å²) in [6.45, 7) is 9.35. The van der Waals surface area contributed by atoms with Crippen molar-refractivity contribution in [1.82, 2.24) is 4.90 Å². The van der Waals surface area contributed by atoms with E-state index < -0.39 is 5.72 Å². The van der Waals surface area contributed by atoms with Gasteiger partial charge in [0.15, 0.2) is 0 Å². The van der Waals surface area contributed by atoms with E-state index >= 15 is 0 Å². The van der Waals surface area contributed by atoms with Crippen LogP contribution in [0.3, 0.4) is 0 Å². The summed E-state index contributed by atoms with van der Waals surface area (Å²) >= 11 is 0. The summed E-state index contributed by atoms with van der Waals surface area (Å²) in [4.78, 5) is 15.0. The molecule has 1 atom stereocenters. The molecule has 2 N–H and O–H groups in total. The van der Waals surface area contributed by atoms with Crippen LogP contribution in [0.5, 0.6) is 5.75 Å². The molecule has 174 valence electrons. The maximum Gasteiger partial charge on any atom is 0.256 e. The van der Waals surface area contributed by atoms with Crippen molar-refractivity contribution >= 4 is 12.1 Å². The molecule has 0 radical (unpaired) electrons. The van der Waals surface area contributed by atoms with Crippen LogP contribution in [0.1, 0.15) is 69.3 Å². The predicted octanol–water partition coefficient (Wildman–Crippen LogP) is 5.22. The van der Waals surface area contributed by atoms with Crippen LogP contribution in [0.25, 0.3) is 0 Å². The van der Waals surface area contributed by atoms with Crippen molar-refractivity contribution in [3.63, 3.8) is 0 Å². The first-order chi connectivity index (χ1) is 15.4. The SMILES string of the molecule is CCC(C)N(C(=O)c1ccccc1)C(C)(C)OCCCCCOc1ccc(/C=N/N)cc1. The van der Waals surface area contributed by atoms with Crippen LogP contribution in [0.15, 0.2) is 59.7 Å². The average Bonchev–Trinajstić information content (AvgIpc) is 2.80. The molecule has 6 nitrogen and oxygen atoms in total. The Morgan fingerprint density at radius 1 is 1.06 bits per heavy atom. The maximum absolute atomic E-state index is 13.2. The Kier molecular flexibility index (Phi) is 10.2. The lowest BCUT2D eigenvalue weighted by atomic mass is 10.1. The van der Waals surface area contributed by atoms with E-state index in [0.717, 1.165) is 37.0 Å². The standard InChI is InChI=1S/C26H37N3O3/c1-5-21(2)29(25(30)23-12-8-6-9-13-23)26(3,4)32-19-11-7-10-18-31-24-16-14-22(15-17-24)20-28-27/h6,8-9,12-17,20-21H,5,7,10-11,18-19,27H2,1-4H3/b28-20+. The van der Waals surface area contributed by atoms with Gasteiger partial charge in [-0.15, -0.1) is 0 Å². The second-order valence-electron chi connectivity index (χ2n) is 8.35. The van der Waals surface area contributed by atoms with E-state index in [0.29, 0.717) is 18.8 Å². The Labute approximate surface area is 192 Å². The molecule has 2 aromatic rings. The fourth-order valence-electron chi connectivity index (χ4n) is 3.58. The molecule has 1 amide bonds. The third-order valence-corrected chi connectivity index (χ3v) is 5.47. The molecular formula is C26H37N3O3. The molecule has 0 saturated carbocycles. The van der Waals surface area contributed by atoms with Gasteiger partial charge in [0.05, 0.1) is 12.8 Å². The van der Waals surface area contributed by atoms with Crippen molar-refractivity contribution < 1.29 is 14.3 Å². The van der Waals surface area contributed by atoms with Crippen LogP contribution in [-0.2, 0) is 4.74 Å². The van der Waals surface area contributed by atoms with Gasteiger partial charge in [0.1, 0.15) is 11.5 Å². The van der Waals surface area contributed by atoms with Crippen LogP contribution >= 0.6 is 0 Å². The van der Waals surface area contributed by atoms with Crippen LogP contribution in [0.2, 0.25) is 0 Å². The van der Waals surface area contributed by atoms with Gasteiger partial charge in [0.25, 0.3) is 5.91 Å². The van der Waals surface area contributed by atoms with Gasteiger partial charge in [-0.05, 0) is 88.4 Å². The molecule has 0 aromatic heterocycles. The molecule has 32 heavy (non-hydrogen) atoms. The first-order valence-electron chi connectivity index (χ1n) is 11.4. The number of nitrogens with zero attached hydrogens (tertiary/aromatic N) is 2. The second-order valence-corrected chi connectivity index (χ2v) is 8.35. The maximum atomic E-state index is 13.2. The number of ether oxygens (including phenoxy) is 2. The smallest absolute Gasteiger partial charge is 0.256 e. The lowest BCUT2D eigenvalue weighted by molar-refractivity contribution is -0.126. The molecule has 0 saturated heterocycles. The number of rotatable bonds is 13. The fraction of sp³-hybridized carbons (Fsp3) is 0.462. The molecular weight excluding hydrogens is 402 g/mol. The lowest BCUT2D eigenvalue weighted by Gasteiger charge is -2.42. The molecule has 0 aliphatic carbocycles. The zero-order chi connectivity index (χ0) is 23.4. The van der Waals surface area contributed by atoms with E-state index in [1.807, 2.05) is 73.3 Å². The first-order valence-corrected chi connectivity index (χ1v) is 11.4. The van der Waals surface area contributed by atoms with E-state index in [9.17, 15) is 4.79 Å². The minimum Gasteiger partial charge on any atom is -0.494 e. The molecule has 0 heterocycles. The third-order valence-electron chi connectivity index (χ3n) is 5.47. The van der Waals surface area contributed by atoms with Crippen molar-refractivity contribution in [2.24, 2.45) is 10.9 Å². The molecule has 6 heteroatoms. The van der Waals surface area contributed by atoms with E-state index in [-0.39, 0.29) is 11.9 Å². The van der Waals surface area contributed by atoms with Gasteiger partial charge in [-0.1, -0.05) is 25.1 Å². The van der Waals surface area contributed by atoms with E-state index in [4.69, 9.17) is 15.3 Å². The number of unbranched alkanes of at least 4 members (excludes halogenated alkanes) is 2. The molecule has 2 rings (SSSR count). The molecule has 0 spiro atoms. The Morgan fingerprint density at radius 3 is 2.34 bits per heavy atom. The summed E-state index contributed by atoms with van der Waals surface area (Å²) in [5.74, 6) is 5.99. The Hall–Kier alpha value is -2.86. The van der Waals surface area contributed by atoms with Gasteiger partial charge < -0.3 is 20.2 Å². The minimum atomic E-state index is -0.687. The highest BCUT2D eigenvalue weighted by molar-refractivity contribution is 5.94. The summed E-state index contributed by atoms with van der Waals surface area (Å²) in [5.41, 5.74) is 0.940. The molecule has 0 aliphatic rings. The topological polar surface area (TPSA) is 77.2 Å². The highest BCUT2D eigenvalue weighted by atomic mass is 16.5. The second kappa shape index (κ2) is 12.9. The van der Waals surface area contributed by atoms with Gasteiger partial charge in [0, 0.05) is 18.2 Å². The highest BCUT2D eigenvalue weighted by Crippen LogP contribution is 2.24. The van der Waals surface area contributed by atoms with Crippen molar-refractivity contribution in [2.45, 2.75) is 65.1 Å². The highest BCUT2D eigenvalue weighted by Gasteiger charge is 2.35. The van der Waals surface area contributed by atoms with Gasteiger partial charge in [0.2, 0.25) is 0 Å². The van der Waals surface area contributed by atoms with E-state index in [1.165, 1.54) is 0 Å². The number of nitrogens with two attached hydrogens (primary N) is 1. The van der Waals surface area contributed by atoms with E-state index in [1.54, 1.807) is 6.21 Å². The summed E-state index contributed by atoms with van der Waals surface area (Å²) in [5, 5.41) is 3.51. The predicted molar refractivity (Wildman–Crippen MR) is 130 cm³/mol. The normalized spacial score (nSPS) is 12.6. The molecule has 0 bridgehead atoms. The van der Waals surface area contributed by atoms with Crippen LogP contribution < -0.4 is 10.6 Å². The van der Waals surface area contributed by atoms with Gasteiger partial charge in [-0.3, -0.25) is 4.79 Å². The van der Waals surface area contributed by atoms with Gasteiger partial charge in [-0.25, -0.2) is 0 Å². The summed E-state index contributed by atoms with van der Waals surface area (Å²) in [6.07, 6.45) is 5.30. The Morgan fingerprint density at radius 2 is 1.72 bits per heavy atom. The molecule has 2 aromatic carbocycles. The Balaban J connectivity index is 1.77. The number of benzene rings is 2. The largest absolute Gasteiger partial charge is 0.494 e. The van der Waals surface area contributed by atoms with Crippen LogP contribution in [0.4, 0.5) is 0 Å². The van der Waals surface area contributed by atoms with Crippen molar-refractivity contribution in [3.8, 4) is 5.75 Å². The van der Waals surface area contributed by atoms with Crippen molar-refractivity contribution in [2.75, 3.05) is 13.2 Å². The van der Waals surface area contributed by atoms with Crippen LogP contribution in [-0.4, -0.2) is 42.0 Å². The lowest BCUT2D eigenvalue weighted by Crippen LogP contribution is -2.53. The van der Waals surface area contributed by atoms with Crippen molar-refractivity contribution in [1.29, 1.82) is 0 Å². The number of hydrazone groups is 1. The molecule has 0 aliphatic heterocycles. The summed E-state index contributed by atoms with van der Waals surface area (Å²) < 4.78 is 12.0. The van der Waals surface area contributed by atoms with E-state index in [2.05, 4.69) is 18.9 Å². The zero-order valence-electron chi connectivity index (χ0n) is 19.8. The number of hydrogen-bond donors (Lipinski definition) is 1. The van der Waals surface area contributed by atoms with Crippen LogP contribution in [0, 0.1) is 0 Å². The average molecular weight is 440 g/mol. The summed E-state index contributed by atoms with van der Waals surface area (Å²) in [7, 11) is 0. The summed E-state index contributed by atoms with van der Waals surface area (Å²) in [6, 6.07) is 17.1. The fourth-order valence-corrected chi connectivity index (χ4v) is 3.58. The van der Waals surface area contributed by atoms with Gasteiger partial charge >= 0.3 is 0 Å². The Bertz CT molecular complexity index is 835. The zero-order valence-corrected chi connectivity index (χ0v) is 19.8. The minimum absolute atomic E-state index is 0.00195. The molecule has 1 unspecified atom stereocenters. The molecule has 0 fully saturated rings. The van der Waals surface area contributed by atoms with Crippen molar-refractivity contribution in [3.05, 3.63) is 65.7 Å². The van der Waals surface area contributed by atoms with Gasteiger partial charge in [-0.2, -0.15) is 5.10 Å². The number of carbonyl (C=O) groups excluding carboxylic acids is 1. The quantitative estimate of drug-likeness (QED) is 0.153.